The zero-order valence-corrected chi connectivity index (χ0v) is 24.3. The number of methoxy groups -OCH3 is 1. The predicted octanol–water partition coefficient (Wildman–Crippen LogP) is 5.75. The van der Waals surface area contributed by atoms with Crippen LogP contribution in [0.1, 0.15) is 23.4 Å². The molecule has 1 unspecified atom stereocenters. The van der Waals surface area contributed by atoms with Crippen LogP contribution in [0, 0.1) is 13.8 Å². The summed E-state index contributed by atoms with van der Waals surface area (Å²) in [6, 6.07) is 19.8. The number of carbonyl (C=O) groups excluding carboxylic acids is 1. The van der Waals surface area contributed by atoms with Gasteiger partial charge in [0, 0.05) is 54.1 Å². The summed E-state index contributed by atoms with van der Waals surface area (Å²) >= 11 is 7.07. The second-order valence-electron chi connectivity index (χ2n) is 10.2. The fraction of sp³-hybridized carbons (Fsp3) is 0.219. The Morgan fingerprint density at radius 2 is 1.79 bits per heavy atom. The van der Waals surface area contributed by atoms with E-state index in [1.807, 2.05) is 61.5 Å². The van der Waals surface area contributed by atoms with E-state index < -0.39 is 0 Å². The second-order valence-corrected chi connectivity index (χ2v) is 10.6. The van der Waals surface area contributed by atoms with Crippen LogP contribution < -0.4 is 20.7 Å². The van der Waals surface area contributed by atoms with Crippen LogP contribution in [0.15, 0.2) is 66.9 Å². The van der Waals surface area contributed by atoms with E-state index in [2.05, 4.69) is 43.9 Å². The number of nitrogens with zero attached hydrogens (tertiary/aromatic N) is 4. The molecular formula is C32H30ClN7O2. The fourth-order valence-electron chi connectivity index (χ4n) is 5.23. The molecule has 10 heteroatoms. The molecule has 1 fully saturated rings. The highest BCUT2D eigenvalue weighted by Gasteiger charge is 2.22. The number of hydrogen-bond donors (Lipinski definition) is 3. The van der Waals surface area contributed by atoms with Gasteiger partial charge in [0.05, 0.1) is 23.3 Å². The number of anilines is 2. The number of nitrogens with one attached hydrogen (secondary N) is 3. The third-order valence-corrected chi connectivity index (χ3v) is 7.82. The quantitative estimate of drug-likeness (QED) is 0.213. The summed E-state index contributed by atoms with van der Waals surface area (Å²) in [4.78, 5) is 29.9. The van der Waals surface area contributed by atoms with Crippen molar-refractivity contribution in [3.05, 3.63) is 88.8 Å². The molecule has 1 amide bonds. The van der Waals surface area contributed by atoms with Crippen LogP contribution in [0.25, 0.3) is 33.4 Å². The molecule has 3 N–H and O–H groups in total. The fourth-order valence-corrected chi connectivity index (χ4v) is 5.56. The minimum atomic E-state index is 0.0636. The third-order valence-electron chi connectivity index (χ3n) is 7.41. The van der Waals surface area contributed by atoms with Crippen LogP contribution in [0.5, 0.6) is 5.88 Å². The van der Waals surface area contributed by atoms with Crippen molar-refractivity contribution in [3.8, 4) is 28.3 Å². The number of halogens is 1. The average molecular weight is 580 g/mol. The first-order valence-corrected chi connectivity index (χ1v) is 14.1. The van der Waals surface area contributed by atoms with E-state index in [4.69, 9.17) is 21.3 Å². The molecule has 212 valence electrons. The molecule has 1 aliphatic heterocycles. The minimum Gasteiger partial charge on any atom is -0.481 e. The molecule has 6 rings (SSSR count). The van der Waals surface area contributed by atoms with Crippen molar-refractivity contribution in [3.63, 3.8) is 0 Å². The summed E-state index contributed by atoms with van der Waals surface area (Å²) in [6.45, 7) is 5.09. The van der Waals surface area contributed by atoms with Crippen molar-refractivity contribution < 1.29 is 9.53 Å². The summed E-state index contributed by atoms with van der Waals surface area (Å²) in [5, 5.41) is 10.3. The maximum Gasteiger partial charge on any atom is 0.221 e. The van der Waals surface area contributed by atoms with Gasteiger partial charge in [0.15, 0.2) is 5.82 Å². The third kappa shape index (κ3) is 5.48. The Hall–Kier alpha value is -4.60. The maximum atomic E-state index is 11.5. The summed E-state index contributed by atoms with van der Waals surface area (Å²) in [7, 11) is 1.61. The largest absolute Gasteiger partial charge is 0.481 e. The van der Waals surface area contributed by atoms with Gasteiger partial charge in [-0.3, -0.25) is 9.78 Å². The number of aromatic nitrogens is 4. The van der Waals surface area contributed by atoms with Gasteiger partial charge in [-0.15, -0.1) is 0 Å². The van der Waals surface area contributed by atoms with E-state index in [0.717, 1.165) is 39.0 Å². The number of hydrogen-bond acceptors (Lipinski definition) is 8. The number of amides is 1. The minimum absolute atomic E-state index is 0.0636. The van der Waals surface area contributed by atoms with E-state index in [1.165, 1.54) is 0 Å². The first kappa shape index (κ1) is 27.6. The zero-order chi connectivity index (χ0) is 29.2. The van der Waals surface area contributed by atoms with Gasteiger partial charge in [0.1, 0.15) is 11.3 Å². The highest BCUT2D eigenvalue weighted by Crippen LogP contribution is 2.40. The molecule has 4 heterocycles. The molecule has 0 radical (unpaired) electrons. The SMILES string of the molecule is COc1nc(-c2cccc(-c3cccc(Nc4nc(C)nc5cccnc45)c3C)c2Cl)ccc1CNC1CNC(=O)C1. The number of fused-ring (bicyclic) bond motifs is 1. The smallest absolute Gasteiger partial charge is 0.221 e. The Labute approximate surface area is 248 Å². The lowest BCUT2D eigenvalue weighted by molar-refractivity contribution is -0.119. The lowest BCUT2D eigenvalue weighted by Crippen LogP contribution is -2.30. The van der Waals surface area contributed by atoms with Crippen LogP contribution in [-0.2, 0) is 11.3 Å². The number of pyridine rings is 2. The van der Waals surface area contributed by atoms with Crippen molar-refractivity contribution in [1.29, 1.82) is 0 Å². The van der Waals surface area contributed by atoms with Gasteiger partial charge in [0.25, 0.3) is 0 Å². The summed E-state index contributed by atoms with van der Waals surface area (Å²) in [5.41, 5.74) is 7.71. The summed E-state index contributed by atoms with van der Waals surface area (Å²) < 4.78 is 5.63. The molecule has 5 aromatic rings. The average Bonchev–Trinajstić information content (AvgIpc) is 3.42. The molecule has 1 aliphatic rings. The molecular weight excluding hydrogens is 550 g/mol. The molecule has 42 heavy (non-hydrogen) atoms. The number of carbonyl (C=O) groups is 1. The lowest BCUT2D eigenvalue weighted by atomic mass is 9.96. The summed E-state index contributed by atoms with van der Waals surface area (Å²) in [6.07, 6.45) is 2.21. The van der Waals surface area contributed by atoms with Crippen molar-refractivity contribution >= 4 is 40.0 Å². The summed E-state index contributed by atoms with van der Waals surface area (Å²) in [5.74, 6) is 1.90. The molecule has 0 saturated carbocycles. The number of rotatable bonds is 8. The zero-order valence-electron chi connectivity index (χ0n) is 23.5. The molecule has 1 atom stereocenters. The molecule has 1 saturated heterocycles. The van der Waals surface area contributed by atoms with Crippen molar-refractivity contribution in [2.24, 2.45) is 0 Å². The first-order valence-electron chi connectivity index (χ1n) is 13.7. The Morgan fingerprint density at radius 1 is 0.976 bits per heavy atom. The van der Waals surface area contributed by atoms with E-state index >= 15 is 0 Å². The maximum absolute atomic E-state index is 11.5. The van der Waals surface area contributed by atoms with E-state index in [9.17, 15) is 4.79 Å². The van der Waals surface area contributed by atoms with Crippen LogP contribution in [-0.4, -0.2) is 45.5 Å². The molecule has 0 bridgehead atoms. The van der Waals surface area contributed by atoms with Crippen LogP contribution in [0.3, 0.4) is 0 Å². The lowest BCUT2D eigenvalue weighted by Gasteiger charge is -2.17. The van der Waals surface area contributed by atoms with E-state index in [-0.39, 0.29) is 11.9 Å². The van der Waals surface area contributed by atoms with Crippen molar-refractivity contribution in [2.75, 3.05) is 19.0 Å². The topological polar surface area (TPSA) is 114 Å². The Kier molecular flexibility index (Phi) is 7.69. The number of benzene rings is 2. The van der Waals surface area contributed by atoms with Gasteiger partial charge in [0.2, 0.25) is 11.8 Å². The molecule has 0 aliphatic carbocycles. The first-order chi connectivity index (χ1) is 20.4. The Bertz CT molecular complexity index is 1810. The van der Waals surface area contributed by atoms with Crippen LogP contribution >= 0.6 is 11.6 Å². The molecule has 2 aromatic carbocycles. The molecule has 3 aromatic heterocycles. The van der Waals surface area contributed by atoms with Gasteiger partial charge in [-0.1, -0.05) is 48.0 Å². The Balaban J connectivity index is 1.30. The molecule has 0 spiro atoms. The van der Waals surface area contributed by atoms with Gasteiger partial charge in [-0.2, -0.15) is 0 Å². The van der Waals surface area contributed by atoms with Gasteiger partial charge >= 0.3 is 0 Å². The van der Waals surface area contributed by atoms with Gasteiger partial charge in [-0.05, 0) is 49.2 Å². The van der Waals surface area contributed by atoms with Crippen molar-refractivity contribution in [1.82, 2.24) is 30.6 Å². The standard InChI is InChI=1S/C32H30ClN7O2/c1-18-22(7-5-10-25(18)39-31-30-27(11-6-14-34-30)37-19(2)38-31)23-8-4-9-24(29(23)33)26-13-12-20(32(40-26)42-3)16-35-21-15-28(41)36-17-21/h4-14,21,35H,15-17H2,1-3H3,(H,36,41)(H,37,38,39). The number of ether oxygens (including phenoxy) is 1. The Morgan fingerprint density at radius 3 is 2.60 bits per heavy atom. The molecule has 9 nitrogen and oxygen atoms in total. The normalized spacial score (nSPS) is 14.7. The monoisotopic (exact) mass is 579 g/mol. The van der Waals surface area contributed by atoms with Gasteiger partial charge in [-0.25, -0.2) is 15.0 Å². The van der Waals surface area contributed by atoms with Crippen LogP contribution in [0.2, 0.25) is 5.02 Å². The highest BCUT2D eigenvalue weighted by molar-refractivity contribution is 6.36. The van der Waals surface area contributed by atoms with E-state index in [0.29, 0.717) is 53.3 Å². The predicted molar refractivity (Wildman–Crippen MR) is 165 cm³/mol. The van der Waals surface area contributed by atoms with Crippen LogP contribution in [0.4, 0.5) is 11.5 Å². The number of aryl methyl sites for hydroxylation is 1. The highest BCUT2D eigenvalue weighted by atomic mass is 35.5. The van der Waals surface area contributed by atoms with E-state index in [1.54, 1.807) is 13.3 Å². The second kappa shape index (κ2) is 11.7. The van der Waals surface area contributed by atoms with Gasteiger partial charge < -0.3 is 20.7 Å². The van der Waals surface area contributed by atoms with Crippen molar-refractivity contribution in [2.45, 2.75) is 32.9 Å².